The van der Waals surface area contributed by atoms with Crippen LogP contribution in [-0.2, 0) is 4.79 Å². The number of halogens is 1. The lowest BCUT2D eigenvalue weighted by Gasteiger charge is -2.31. The quantitative estimate of drug-likeness (QED) is 0.606. The Morgan fingerprint density at radius 3 is 2.64 bits per heavy atom. The molecule has 0 amide bonds. The first-order valence-electron chi connectivity index (χ1n) is 9.22. The van der Waals surface area contributed by atoms with Crippen molar-refractivity contribution in [2.24, 2.45) is 5.92 Å². The summed E-state index contributed by atoms with van der Waals surface area (Å²) in [4.78, 5) is 23.1. The number of fused-ring (bicyclic) bond motifs is 1. The number of aliphatic carboxylic acids is 1. The lowest BCUT2D eigenvalue weighted by Crippen LogP contribution is -2.37. The molecule has 0 bridgehead atoms. The van der Waals surface area contributed by atoms with Gasteiger partial charge < -0.3 is 14.7 Å². The largest absolute Gasteiger partial charge is 0.494 e. The maximum Gasteiger partial charge on any atom is 0.306 e. The van der Waals surface area contributed by atoms with E-state index in [1.165, 1.54) is 11.3 Å². The van der Waals surface area contributed by atoms with Gasteiger partial charge in [-0.05, 0) is 49.1 Å². The first kappa shape index (κ1) is 19.0. The van der Waals surface area contributed by atoms with Crippen LogP contribution in [0.1, 0.15) is 19.8 Å². The second-order valence-corrected chi connectivity index (χ2v) is 7.90. The third-order valence-corrected chi connectivity index (χ3v) is 6.05. The van der Waals surface area contributed by atoms with Gasteiger partial charge in [0, 0.05) is 24.0 Å². The van der Waals surface area contributed by atoms with Crippen LogP contribution in [0.25, 0.3) is 21.3 Å². The van der Waals surface area contributed by atoms with Gasteiger partial charge in [-0.25, -0.2) is 4.98 Å². The summed E-state index contributed by atoms with van der Waals surface area (Å²) in [5, 5.41) is 12.5. The number of hydrogen-bond acceptors (Lipinski definition) is 6. The topological polar surface area (TPSA) is 75.6 Å². The fourth-order valence-corrected chi connectivity index (χ4v) is 4.73. The normalized spacial score (nSPS) is 15.1. The zero-order valence-electron chi connectivity index (χ0n) is 15.4. The molecule has 1 N–H and O–H groups in total. The molecule has 0 radical (unpaired) electrons. The molecule has 2 aromatic heterocycles. The van der Waals surface area contributed by atoms with Gasteiger partial charge in [0.05, 0.1) is 17.9 Å². The summed E-state index contributed by atoms with van der Waals surface area (Å²) < 4.78 is 5.53. The summed E-state index contributed by atoms with van der Waals surface area (Å²) in [5.41, 5.74) is 2.11. The fraction of sp³-hybridized carbons (Fsp3) is 0.350. The van der Waals surface area contributed by atoms with Crippen LogP contribution in [0.4, 0.5) is 5.82 Å². The van der Waals surface area contributed by atoms with E-state index in [-0.39, 0.29) is 11.2 Å². The molecule has 0 spiro atoms. The Kier molecular flexibility index (Phi) is 5.37. The zero-order chi connectivity index (χ0) is 19.7. The van der Waals surface area contributed by atoms with E-state index >= 15 is 0 Å². The summed E-state index contributed by atoms with van der Waals surface area (Å²) in [7, 11) is 0. The molecule has 0 saturated carbocycles. The molecule has 1 aliphatic rings. The minimum Gasteiger partial charge on any atom is -0.494 e. The Morgan fingerprint density at radius 2 is 2.00 bits per heavy atom. The summed E-state index contributed by atoms with van der Waals surface area (Å²) >= 11 is 7.71. The standard InChI is InChI=1S/C20H20ClN3O3S/c1-2-27-14-5-3-12(4-6-14)15-11-28-18-16(15)17(22-20(21)23-18)24-9-7-13(8-10-24)19(25)26/h3-6,11,13H,2,7-10H2,1H3,(H,25,26). The first-order chi connectivity index (χ1) is 13.6. The highest BCUT2D eigenvalue weighted by atomic mass is 35.5. The van der Waals surface area contributed by atoms with Gasteiger partial charge in [0.2, 0.25) is 5.28 Å². The number of rotatable bonds is 5. The van der Waals surface area contributed by atoms with Crippen molar-refractivity contribution in [3.05, 3.63) is 34.9 Å². The molecule has 1 saturated heterocycles. The minimum absolute atomic E-state index is 0.211. The second-order valence-electron chi connectivity index (χ2n) is 6.70. The van der Waals surface area contributed by atoms with Crippen LogP contribution >= 0.6 is 22.9 Å². The van der Waals surface area contributed by atoms with Crippen LogP contribution < -0.4 is 9.64 Å². The van der Waals surface area contributed by atoms with Crippen molar-refractivity contribution in [1.29, 1.82) is 0 Å². The molecule has 3 aromatic rings. The number of carboxylic acid groups (broad SMARTS) is 1. The molecule has 1 fully saturated rings. The summed E-state index contributed by atoms with van der Waals surface area (Å²) in [6.07, 6.45) is 1.20. The summed E-state index contributed by atoms with van der Waals surface area (Å²) in [5.74, 6) is 0.596. The molecule has 0 aliphatic carbocycles. The smallest absolute Gasteiger partial charge is 0.306 e. The third kappa shape index (κ3) is 3.64. The molecule has 8 heteroatoms. The molecule has 3 heterocycles. The molecular weight excluding hydrogens is 398 g/mol. The van der Waals surface area contributed by atoms with Crippen molar-refractivity contribution < 1.29 is 14.6 Å². The molecule has 0 unspecified atom stereocenters. The van der Waals surface area contributed by atoms with Crippen molar-refractivity contribution >= 4 is 44.9 Å². The van der Waals surface area contributed by atoms with Crippen LogP contribution in [0.2, 0.25) is 5.28 Å². The highest BCUT2D eigenvalue weighted by Crippen LogP contribution is 2.40. The number of piperidine rings is 1. The number of benzene rings is 1. The lowest BCUT2D eigenvalue weighted by atomic mass is 9.96. The highest BCUT2D eigenvalue weighted by molar-refractivity contribution is 7.17. The Hall–Kier alpha value is -2.38. The van der Waals surface area contributed by atoms with Gasteiger partial charge in [-0.1, -0.05) is 12.1 Å². The maximum atomic E-state index is 11.3. The van der Waals surface area contributed by atoms with E-state index in [9.17, 15) is 9.90 Å². The van der Waals surface area contributed by atoms with Gasteiger partial charge in [-0.2, -0.15) is 4.98 Å². The monoisotopic (exact) mass is 417 g/mol. The summed E-state index contributed by atoms with van der Waals surface area (Å²) in [6, 6.07) is 7.97. The van der Waals surface area contributed by atoms with Gasteiger partial charge in [0.1, 0.15) is 16.4 Å². The molecule has 1 aliphatic heterocycles. The number of hydrogen-bond donors (Lipinski definition) is 1. The first-order valence-corrected chi connectivity index (χ1v) is 10.5. The Balaban J connectivity index is 1.73. The minimum atomic E-state index is -0.726. The molecule has 6 nitrogen and oxygen atoms in total. The Labute approximate surface area is 171 Å². The van der Waals surface area contributed by atoms with Crippen molar-refractivity contribution in [3.63, 3.8) is 0 Å². The van der Waals surface area contributed by atoms with Crippen LogP contribution in [0.5, 0.6) is 5.75 Å². The van der Waals surface area contributed by atoms with Crippen molar-refractivity contribution in [2.75, 3.05) is 24.6 Å². The number of ether oxygens (including phenoxy) is 1. The SMILES string of the molecule is CCOc1ccc(-c2csc3nc(Cl)nc(N4CCC(C(=O)O)CC4)c23)cc1. The highest BCUT2D eigenvalue weighted by Gasteiger charge is 2.27. The Morgan fingerprint density at radius 1 is 1.29 bits per heavy atom. The van der Waals surface area contributed by atoms with Gasteiger partial charge in [0.15, 0.2) is 0 Å². The van der Waals surface area contributed by atoms with E-state index in [2.05, 4.69) is 20.2 Å². The van der Waals surface area contributed by atoms with Crippen LogP contribution in [0, 0.1) is 5.92 Å². The number of aromatic nitrogens is 2. The van der Waals surface area contributed by atoms with E-state index < -0.39 is 5.97 Å². The zero-order valence-corrected chi connectivity index (χ0v) is 17.0. The van der Waals surface area contributed by atoms with E-state index in [0.717, 1.165) is 32.9 Å². The molecule has 146 valence electrons. The number of thiophene rings is 1. The van der Waals surface area contributed by atoms with Gasteiger partial charge >= 0.3 is 5.97 Å². The predicted octanol–water partition coefficient (Wildman–Crippen LogP) is 4.71. The van der Waals surface area contributed by atoms with Crippen LogP contribution in [0.15, 0.2) is 29.6 Å². The average molecular weight is 418 g/mol. The number of nitrogens with zero attached hydrogens (tertiary/aromatic N) is 3. The van der Waals surface area contributed by atoms with Gasteiger partial charge in [-0.3, -0.25) is 4.79 Å². The van der Waals surface area contributed by atoms with E-state index in [1.54, 1.807) is 0 Å². The maximum absolute atomic E-state index is 11.3. The Bertz CT molecular complexity index is 998. The van der Waals surface area contributed by atoms with Gasteiger partial charge in [0.25, 0.3) is 0 Å². The number of carboxylic acids is 1. The van der Waals surface area contributed by atoms with E-state index in [0.29, 0.717) is 32.5 Å². The van der Waals surface area contributed by atoms with Crippen molar-refractivity contribution in [2.45, 2.75) is 19.8 Å². The average Bonchev–Trinajstić information content (AvgIpc) is 3.12. The second kappa shape index (κ2) is 7.93. The molecular formula is C20H20ClN3O3S. The molecule has 0 atom stereocenters. The van der Waals surface area contributed by atoms with Crippen molar-refractivity contribution in [3.8, 4) is 16.9 Å². The molecule has 28 heavy (non-hydrogen) atoms. The molecule has 4 rings (SSSR count). The molecule has 1 aromatic carbocycles. The van der Waals surface area contributed by atoms with Crippen LogP contribution in [-0.4, -0.2) is 40.7 Å². The van der Waals surface area contributed by atoms with E-state index in [4.69, 9.17) is 16.3 Å². The summed E-state index contributed by atoms with van der Waals surface area (Å²) in [6.45, 7) is 3.86. The van der Waals surface area contributed by atoms with Gasteiger partial charge in [-0.15, -0.1) is 11.3 Å². The van der Waals surface area contributed by atoms with Crippen molar-refractivity contribution in [1.82, 2.24) is 9.97 Å². The third-order valence-electron chi connectivity index (χ3n) is 5.01. The lowest BCUT2D eigenvalue weighted by molar-refractivity contribution is -0.142. The van der Waals surface area contributed by atoms with E-state index in [1.807, 2.05) is 31.2 Å². The number of carbonyl (C=O) groups is 1. The predicted molar refractivity (Wildman–Crippen MR) is 112 cm³/mol. The fourth-order valence-electron chi connectivity index (χ4n) is 3.58. The number of anilines is 1. The van der Waals surface area contributed by atoms with Crippen LogP contribution in [0.3, 0.4) is 0 Å².